The van der Waals surface area contributed by atoms with E-state index in [0.717, 1.165) is 43.9 Å². The van der Waals surface area contributed by atoms with E-state index in [0.29, 0.717) is 19.6 Å². The Morgan fingerprint density at radius 1 is 1.24 bits per heavy atom. The van der Waals surface area contributed by atoms with E-state index in [1.807, 2.05) is 37.1 Å². The molecule has 2 aliphatic heterocycles. The van der Waals surface area contributed by atoms with E-state index >= 15 is 0 Å². The number of aromatic nitrogens is 2. The van der Waals surface area contributed by atoms with Crippen molar-refractivity contribution in [3.63, 3.8) is 0 Å². The second kappa shape index (κ2) is 8.24. The summed E-state index contributed by atoms with van der Waals surface area (Å²) in [5.41, 5.74) is 0.581. The average molecular weight is 400 g/mol. The number of rotatable bonds is 5. The second-order valence-corrected chi connectivity index (χ2v) is 7.92. The molecule has 1 aromatic heterocycles. The molecule has 4 rings (SSSR count). The molecule has 0 unspecified atom stereocenters. The van der Waals surface area contributed by atoms with Crippen LogP contribution in [0.25, 0.3) is 0 Å². The Morgan fingerprint density at radius 2 is 1.93 bits per heavy atom. The van der Waals surface area contributed by atoms with Crippen LogP contribution in [0.4, 0.5) is 4.39 Å². The number of benzene rings is 1. The number of carbonyl (C=O) groups is 1. The Bertz CT molecular complexity index is 839. The van der Waals surface area contributed by atoms with E-state index in [4.69, 9.17) is 4.74 Å². The van der Waals surface area contributed by atoms with Crippen LogP contribution in [-0.4, -0.2) is 57.5 Å². The fourth-order valence-corrected chi connectivity index (χ4v) is 4.53. The van der Waals surface area contributed by atoms with Crippen LogP contribution in [0.1, 0.15) is 38.1 Å². The molecular weight excluding hydrogens is 371 g/mol. The zero-order chi connectivity index (χ0) is 20.4. The number of carbonyl (C=O) groups excluding carboxylic acids is 1. The van der Waals surface area contributed by atoms with E-state index in [1.165, 1.54) is 12.1 Å². The van der Waals surface area contributed by atoms with Crippen molar-refractivity contribution in [1.82, 2.24) is 19.4 Å². The van der Waals surface area contributed by atoms with Crippen molar-refractivity contribution in [3.8, 4) is 0 Å². The van der Waals surface area contributed by atoms with Crippen LogP contribution >= 0.6 is 0 Å². The smallest absolute Gasteiger partial charge is 0.253 e. The summed E-state index contributed by atoms with van der Waals surface area (Å²) in [6.07, 6.45) is 4.85. The monoisotopic (exact) mass is 400 g/mol. The molecule has 2 aromatic rings. The number of likely N-dealkylation sites (tertiary alicyclic amines) is 1. The lowest BCUT2D eigenvalue weighted by Crippen LogP contribution is -2.54. The van der Waals surface area contributed by atoms with E-state index in [1.54, 1.807) is 6.20 Å². The third-order valence-electron chi connectivity index (χ3n) is 6.19. The summed E-state index contributed by atoms with van der Waals surface area (Å²) in [6, 6.07) is 6.68. The number of hydrogen-bond acceptors (Lipinski definition) is 4. The Morgan fingerprint density at radius 3 is 2.59 bits per heavy atom. The molecule has 0 bridgehead atoms. The third kappa shape index (κ3) is 3.94. The highest BCUT2D eigenvalue weighted by Gasteiger charge is 2.47. The summed E-state index contributed by atoms with van der Waals surface area (Å²) in [5, 5.41) is 0. The first-order chi connectivity index (χ1) is 14.0. The van der Waals surface area contributed by atoms with Gasteiger partial charge in [0.2, 0.25) is 0 Å². The highest BCUT2D eigenvalue weighted by molar-refractivity contribution is 5.81. The topological polar surface area (TPSA) is 50.6 Å². The minimum atomic E-state index is -0.519. The molecule has 1 aromatic carbocycles. The van der Waals surface area contributed by atoms with Crippen molar-refractivity contribution < 1.29 is 13.9 Å². The van der Waals surface area contributed by atoms with Gasteiger partial charge in [0.1, 0.15) is 17.2 Å². The van der Waals surface area contributed by atoms with Crippen LogP contribution in [0, 0.1) is 5.82 Å². The lowest BCUT2D eigenvalue weighted by Gasteiger charge is -2.46. The Hall–Kier alpha value is -2.25. The van der Waals surface area contributed by atoms with Crippen LogP contribution in [0.3, 0.4) is 0 Å². The van der Waals surface area contributed by atoms with Gasteiger partial charge in [0.05, 0.1) is 6.54 Å². The number of imidazole rings is 1. The highest BCUT2D eigenvalue weighted by Crippen LogP contribution is 2.40. The SMILES string of the molecule is CCN(CC)C(=O)[C@H]1Cn2ccnc2C2(CCN(Cc3ccc(F)cc3)CC2)O1. The number of halogens is 1. The molecule has 6 nitrogen and oxygen atoms in total. The number of piperidine rings is 1. The third-order valence-corrected chi connectivity index (χ3v) is 6.19. The normalized spacial score (nSPS) is 21.1. The fraction of sp³-hybridized carbons (Fsp3) is 0.545. The maximum Gasteiger partial charge on any atom is 0.253 e. The number of hydrogen-bond donors (Lipinski definition) is 0. The molecule has 1 fully saturated rings. The summed E-state index contributed by atoms with van der Waals surface area (Å²) < 4.78 is 21.8. The van der Waals surface area contributed by atoms with E-state index in [-0.39, 0.29) is 11.7 Å². The van der Waals surface area contributed by atoms with Crippen molar-refractivity contribution in [2.24, 2.45) is 0 Å². The first kappa shape index (κ1) is 20.0. The molecule has 0 radical (unpaired) electrons. The molecule has 29 heavy (non-hydrogen) atoms. The standard InChI is InChI=1S/C22H29FN4O2/c1-3-26(4-2)20(28)19-16-27-14-11-24-21(27)22(29-19)9-12-25(13-10-22)15-17-5-7-18(23)8-6-17/h5-8,11,14,19H,3-4,9-10,12-13,15-16H2,1-2H3/t19-/m1/s1. The summed E-state index contributed by atoms with van der Waals surface area (Å²) in [4.78, 5) is 21.8. The molecule has 0 saturated carbocycles. The van der Waals surface area contributed by atoms with Gasteiger partial charge in [-0.05, 0) is 44.4 Å². The van der Waals surface area contributed by atoms with Crippen molar-refractivity contribution in [3.05, 3.63) is 53.9 Å². The van der Waals surface area contributed by atoms with Gasteiger partial charge in [0.25, 0.3) is 5.91 Å². The van der Waals surface area contributed by atoms with Gasteiger partial charge in [-0.25, -0.2) is 9.37 Å². The molecular formula is C22H29FN4O2. The average Bonchev–Trinajstić information content (AvgIpc) is 3.22. The first-order valence-electron chi connectivity index (χ1n) is 10.5. The predicted octanol–water partition coefficient (Wildman–Crippen LogP) is 2.78. The first-order valence-corrected chi connectivity index (χ1v) is 10.5. The zero-order valence-electron chi connectivity index (χ0n) is 17.2. The van der Waals surface area contributed by atoms with Gasteiger partial charge >= 0.3 is 0 Å². The van der Waals surface area contributed by atoms with Crippen molar-refractivity contribution in [1.29, 1.82) is 0 Å². The van der Waals surface area contributed by atoms with Crippen molar-refractivity contribution in [2.75, 3.05) is 26.2 Å². The summed E-state index contributed by atoms with van der Waals surface area (Å²) >= 11 is 0. The van der Waals surface area contributed by atoms with Crippen molar-refractivity contribution >= 4 is 5.91 Å². The van der Waals surface area contributed by atoms with Gasteiger partial charge in [-0.1, -0.05) is 12.1 Å². The van der Waals surface area contributed by atoms with E-state index in [9.17, 15) is 9.18 Å². The molecule has 7 heteroatoms. The van der Waals surface area contributed by atoms with Crippen LogP contribution < -0.4 is 0 Å². The molecule has 3 heterocycles. The second-order valence-electron chi connectivity index (χ2n) is 7.92. The number of ether oxygens (including phenoxy) is 1. The van der Waals surface area contributed by atoms with Crippen molar-refractivity contribution in [2.45, 2.75) is 51.5 Å². The number of fused-ring (bicyclic) bond motifs is 2. The number of amides is 1. The highest BCUT2D eigenvalue weighted by atomic mass is 19.1. The number of nitrogens with zero attached hydrogens (tertiary/aromatic N) is 4. The largest absolute Gasteiger partial charge is 0.352 e. The lowest BCUT2D eigenvalue weighted by molar-refractivity contribution is -0.181. The van der Waals surface area contributed by atoms with Crippen LogP contribution in [-0.2, 0) is 28.2 Å². The van der Waals surface area contributed by atoms with E-state index < -0.39 is 11.7 Å². The molecule has 156 valence electrons. The van der Waals surface area contributed by atoms with E-state index in [2.05, 4.69) is 14.5 Å². The summed E-state index contributed by atoms with van der Waals surface area (Å²) in [7, 11) is 0. The van der Waals surface area contributed by atoms with Crippen LogP contribution in [0.15, 0.2) is 36.7 Å². The Labute approximate surface area is 171 Å². The maximum atomic E-state index is 13.2. The number of likely N-dealkylation sites (N-methyl/N-ethyl adjacent to an activating group) is 1. The van der Waals surface area contributed by atoms with Gasteiger partial charge in [-0.2, -0.15) is 0 Å². The van der Waals surface area contributed by atoms with Crippen LogP contribution in [0.5, 0.6) is 0 Å². The molecule has 1 atom stereocenters. The molecule has 1 amide bonds. The minimum absolute atomic E-state index is 0.0578. The Balaban J connectivity index is 1.48. The lowest BCUT2D eigenvalue weighted by atomic mass is 9.88. The van der Waals surface area contributed by atoms with Gasteiger partial charge in [0.15, 0.2) is 6.10 Å². The predicted molar refractivity (Wildman–Crippen MR) is 108 cm³/mol. The minimum Gasteiger partial charge on any atom is -0.352 e. The van der Waals surface area contributed by atoms with Gasteiger partial charge in [-0.3, -0.25) is 9.69 Å². The molecule has 1 saturated heterocycles. The summed E-state index contributed by atoms with van der Waals surface area (Å²) in [5.74, 6) is 0.780. The summed E-state index contributed by atoms with van der Waals surface area (Å²) in [6.45, 7) is 8.35. The fourth-order valence-electron chi connectivity index (χ4n) is 4.53. The quantitative estimate of drug-likeness (QED) is 0.775. The van der Waals surface area contributed by atoms with Gasteiger partial charge in [0, 0.05) is 45.1 Å². The molecule has 0 aliphatic carbocycles. The van der Waals surface area contributed by atoms with Gasteiger partial charge < -0.3 is 14.2 Å². The molecule has 1 spiro atoms. The Kier molecular flexibility index (Phi) is 5.69. The maximum absolute atomic E-state index is 13.2. The van der Waals surface area contributed by atoms with Crippen LogP contribution in [0.2, 0.25) is 0 Å². The zero-order valence-corrected chi connectivity index (χ0v) is 17.2. The van der Waals surface area contributed by atoms with Gasteiger partial charge in [-0.15, -0.1) is 0 Å². The molecule has 2 aliphatic rings. The molecule has 0 N–H and O–H groups in total.